The van der Waals surface area contributed by atoms with Crippen LogP contribution in [0.3, 0.4) is 0 Å². The molecule has 0 aliphatic heterocycles. The Kier molecular flexibility index (Phi) is 4.50. The second kappa shape index (κ2) is 5.66. The zero-order valence-electron chi connectivity index (χ0n) is 9.21. The molecule has 2 nitrogen and oxygen atoms in total. The predicted octanol–water partition coefficient (Wildman–Crippen LogP) is 3.01. The van der Waals surface area contributed by atoms with E-state index in [1.54, 1.807) is 26.1 Å². The van der Waals surface area contributed by atoms with E-state index in [0.717, 1.165) is 0 Å². The zero-order valence-corrected chi connectivity index (χ0v) is 9.96. The SMILES string of the molecule is CC=CC(=O)N(C)Cc1c(F)cccc1Cl. The monoisotopic (exact) mass is 241 g/mol. The smallest absolute Gasteiger partial charge is 0.246 e. The van der Waals surface area contributed by atoms with Crippen LogP contribution in [0.2, 0.25) is 5.02 Å². The summed E-state index contributed by atoms with van der Waals surface area (Å²) in [5.41, 5.74) is 0.338. The maximum atomic E-state index is 13.4. The van der Waals surface area contributed by atoms with Crippen LogP contribution in [0.5, 0.6) is 0 Å². The highest BCUT2D eigenvalue weighted by Crippen LogP contribution is 2.20. The summed E-state index contributed by atoms with van der Waals surface area (Å²) in [6.07, 6.45) is 3.07. The van der Waals surface area contributed by atoms with Crippen molar-refractivity contribution in [1.82, 2.24) is 4.90 Å². The Morgan fingerprint density at radius 2 is 2.25 bits per heavy atom. The molecular weight excluding hydrogens is 229 g/mol. The molecule has 0 bridgehead atoms. The zero-order chi connectivity index (χ0) is 12.1. The van der Waals surface area contributed by atoms with Crippen LogP contribution in [0.1, 0.15) is 12.5 Å². The highest BCUT2D eigenvalue weighted by Gasteiger charge is 2.11. The third kappa shape index (κ3) is 3.07. The lowest BCUT2D eigenvalue weighted by Crippen LogP contribution is -2.24. The van der Waals surface area contributed by atoms with Gasteiger partial charge in [-0.05, 0) is 25.1 Å². The standard InChI is InChI=1S/C12H13ClFNO/c1-3-5-12(16)15(2)8-9-10(13)6-4-7-11(9)14/h3-7H,8H2,1-2H3. The molecule has 0 saturated carbocycles. The summed E-state index contributed by atoms with van der Waals surface area (Å²) in [4.78, 5) is 12.9. The molecule has 1 aromatic rings. The third-order valence-electron chi connectivity index (χ3n) is 2.14. The van der Waals surface area contributed by atoms with E-state index in [0.29, 0.717) is 10.6 Å². The van der Waals surface area contributed by atoms with Gasteiger partial charge in [-0.25, -0.2) is 4.39 Å². The fourth-order valence-electron chi connectivity index (χ4n) is 1.27. The summed E-state index contributed by atoms with van der Waals surface area (Å²) in [6, 6.07) is 4.47. The number of hydrogen-bond donors (Lipinski definition) is 0. The third-order valence-corrected chi connectivity index (χ3v) is 2.50. The highest BCUT2D eigenvalue weighted by atomic mass is 35.5. The van der Waals surface area contributed by atoms with Crippen molar-refractivity contribution in [3.8, 4) is 0 Å². The molecule has 0 spiro atoms. The fraction of sp³-hybridized carbons (Fsp3) is 0.250. The second-order valence-corrected chi connectivity index (χ2v) is 3.80. The normalized spacial score (nSPS) is 10.8. The Balaban J connectivity index is 2.84. The van der Waals surface area contributed by atoms with Gasteiger partial charge in [0, 0.05) is 24.2 Å². The van der Waals surface area contributed by atoms with Crippen molar-refractivity contribution in [2.24, 2.45) is 0 Å². The van der Waals surface area contributed by atoms with Gasteiger partial charge in [0.1, 0.15) is 5.82 Å². The van der Waals surface area contributed by atoms with Crippen LogP contribution in [0, 0.1) is 5.82 Å². The molecule has 1 aromatic carbocycles. The molecule has 0 unspecified atom stereocenters. The number of hydrogen-bond acceptors (Lipinski definition) is 1. The van der Waals surface area contributed by atoms with Crippen molar-refractivity contribution in [2.75, 3.05) is 7.05 Å². The van der Waals surface area contributed by atoms with Crippen molar-refractivity contribution in [2.45, 2.75) is 13.5 Å². The van der Waals surface area contributed by atoms with Crippen LogP contribution in [0.4, 0.5) is 4.39 Å². The quantitative estimate of drug-likeness (QED) is 0.745. The van der Waals surface area contributed by atoms with E-state index in [4.69, 9.17) is 11.6 Å². The Morgan fingerprint density at radius 3 is 2.81 bits per heavy atom. The molecule has 0 fully saturated rings. The molecule has 0 atom stereocenters. The average Bonchev–Trinajstić information content (AvgIpc) is 2.23. The van der Waals surface area contributed by atoms with Gasteiger partial charge in [0.15, 0.2) is 0 Å². The Bertz CT molecular complexity index is 397. The Labute approximate surface area is 99.3 Å². The molecule has 1 rings (SSSR count). The minimum Gasteiger partial charge on any atom is -0.338 e. The minimum atomic E-state index is -0.396. The topological polar surface area (TPSA) is 20.3 Å². The summed E-state index contributed by atoms with van der Waals surface area (Å²) in [5.74, 6) is -0.575. The summed E-state index contributed by atoms with van der Waals surface area (Å²) >= 11 is 5.86. The molecule has 16 heavy (non-hydrogen) atoms. The number of carbonyl (C=O) groups excluding carboxylic acids is 1. The lowest BCUT2D eigenvalue weighted by Gasteiger charge is -2.16. The van der Waals surface area contributed by atoms with Gasteiger partial charge in [-0.15, -0.1) is 0 Å². The molecule has 0 N–H and O–H groups in total. The first-order valence-corrected chi connectivity index (χ1v) is 5.24. The molecule has 0 saturated heterocycles. The van der Waals surface area contributed by atoms with E-state index in [1.807, 2.05) is 0 Å². The van der Waals surface area contributed by atoms with Gasteiger partial charge in [0.2, 0.25) is 5.91 Å². The molecule has 0 aliphatic rings. The Hall–Kier alpha value is -1.35. The second-order valence-electron chi connectivity index (χ2n) is 3.39. The predicted molar refractivity (Wildman–Crippen MR) is 62.7 cm³/mol. The summed E-state index contributed by atoms with van der Waals surface area (Å²) in [5, 5.41) is 0.333. The van der Waals surface area contributed by atoms with Crippen molar-refractivity contribution in [3.05, 3.63) is 46.8 Å². The summed E-state index contributed by atoms with van der Waals surface area (Å²) in [7, 11) is 1.60. The Morgan fingerprint density at radius 1 is 1.56 bits per heavy atom. The van der Waals surface area contributed by atoms with Gasteiger partial charge in [0.25, 0.3) is 0 Å². The first kappa shape index (κ1) is 12.7. The van der Waals surface area contributed by atoms with Gasteiger partial charge >= 0.3 is 0 Å². The van der Waals surface area contributed by atoms with Gasteiger partial charge in [-0.1, -0.05) is 23.7 Å². The van der Waals surface area contributed by atoms with Gasteiger partial charge in [-0.3, -0.25) is 4.79 Å². The van der Waals surface area contributed by atoms with Crippen LogP contribution >= 0.6 is 11.6 Å². The molecule has 1 amide bonds. The molecule has 4 heteroatoms. The molecule has 86 valence electrons. The van der Waals surface area contributed by atoms with E-state index >= 15 is 0 Å². The highest BCUT2D eigenvalue weighted by molar-refractivity contribution is 6.31. The molecule has 0 aliphatic carbocycles. The average molecular weight is 242 g/mol. The van der Waals surface area contributed by atoms with Crippen LogP contribution in [-0.4, -0.2) is 17.9 Å². The van der Waals surface area contributed by atoms with E-state index < -0.39 is 5.82 Å². The number of rotatable bonds is 3. The van der Waals surface area contributed by atoms with Gasteiger partial charge < -0.3 is 4.90 Å². The largest absolute Gasteiger partial charge is 0.338 e. The van der Waals surface area contributed by atoms with Crippen LogP contribution < -0.4 is 0 Å². The fourth-order valence-corrected chi connectivity index (χ4v) is 1.49. The van der Waals surface area contributed by atoms with E-state index in [2.05, 4.69) is 0 Å². The molecule has 0 aromatic heterocycles. The number of nitrogens with zero attached hydrogens (tertiary/aromatic N) is 1. The van der Waals surface area contributed by atoms with Gasteiger partial charge in [0.05, 0.1) is 0 Å². The first-order chi connectivity index (χ1) is 7.56. The number of benzene rings is 1. The number of allylic oxidation sites excluding steroid dienone is 1. The van der Waals surface area contributed by atoms with Gasteiger partial charge in [-0.2, -0.15) is 0 Å². The van der Waals surface area contributed by atoms with E-state index in [9.17, 15) is 9.18 Å². The van der Waals surface area contributed by atoms with Crippen LogP contribution in [0.25, 0.3) is 0 Å². The van der Waals surface area contributed by atoms with E-state index in [1.165, 1.54) is 23.1 Å². The maximum absolute atomic E-state index is 13.4. The van der Waals surface area contributed by atoms with Crippen molar-refractivity contribution in [1.29, 1.82) is 0 Å². The van der Waals surface area contributed by atoms with Crippen LogP contribution in [-0.2, 0) is 11.3 Å². The summed E-state index contributed by atoms with van der Waals surface area (Å²) < 4.78 is 13.4. The molecule has 0 radical (unpaired) electrons. The maximum Gasteiger partial charge on any atom is 0.246 e. The van der Waals surface area contributed by atoms with E-state index in [-0.39, 0.29) is 12.5 Å². The number of carbonyl (C=O) groups is 1. The number of likely N-dealkylation sites (N-methyl/N-ethyl adjacent to an activating group) is 1. The molecular formula is C12H13ClFNO. The lowest BCUT2D eigenvalue weighted by atomic mass is 10.2. The van der Waals surface area contributed by atoms with Crippen LogP contribution in [0.15, 0.2) is 30.4 Å². The minimum absolute atomic E-state index is 0.161. The molecule has 0 heterocycles. The van der Waals surface area contributed by atoms with Crippen molar-refractivity contribution < 1.29 is 9.18 Å². The number of amides is 1. The number of halogens is 2. The van der Waals surface area contributed by atoms with Crippen molar-refractivity contribution >= 4 is 17.5 Å². The first-order valence-electron chi connectivity index (χ1n) is 4.87. The summed E-state index contributed by atoms with van der Waals surface area (Å²) in [6.45, 7) is 1.91. The lowest BCUT2D eigenvalue weighted by molar-refractivity contribution is -0.125. The van der Waals surface area contributed by atoms with Crippen molar-refractivity contribution in [3.63, 3.8) is 0 Å².